The Balaban J connectivity index is 1.81. The van der Waals surface area contributed by atoms with Crippen LogP contribution < -0.4 is 4.74 Å². The first-order chi connectivity index (χ1) is 11.6. The molecule has 120 valence electrons. The van der Waals surface area contributed by atoms with Gasteiger partial charge in [0.25, 0.3) is 0 Å². The Kier molecular flexibility index (Phi) is 4.16. The van der Waals surface area contributed by atoms with Crippen molar-refractivity contribution in [2.45, 2.75) is 6.61 Å². The SMILES string of the molecule is N#Cc1[nH]nnc1-c1cccc(OCc2cc(F)c(F)cc2F)c1. The fourth-order valence-corrected chi connectivity index (χ4v) is 2.08. The van der Waals surface area contributed by atoms with Gasteiger partial charge in [0.15, 0.2) is 17.3 Å². The first-order valence-corrected chi connectivity index (χ1v) is 6.76. The lowest BCUT2D eigenvalue weighted by Crippen LogP contribution is -2.01. The van der Waals surface area contributed by atoms with Gasteiger partial charge in [0, 0.05) is 17.2 Å². The summed E-state index contributed by atoms with van der Waals surface area (Å²) < 4.78 is 45.1. The van der Waals surface area contributed by atoms with Gasteiger partial charge >= 0.3 is 0 Å². The number of benzene rings is 2. The van der Waals surface area contributed by atoms with Crippen molar-refractivity contribution in [2.75, 3.05) is 0 Å². The lowest BCUT2D eigenvalue weighted by Gasteiger charge is -2.09. The van der Waals surface area contributed by atoms with Crippen LogP contribution in [0.25, 0.3) is 11.3 Å². The van der Waals surface area contributed by atoms with Gasteiger partial charge < -0.3 is 4.74 Å². The summed E-state index contributed by atoms with van der Waals surface area (Å²) in [5.41, 5.74) is 1.00. The standard InChI is InChI=1S/C16H9F3N4O/c17-12-6-14(19)13(18)5-10(12)8-24-11-3-1-2-9(4-11)16-15(7-20)21-23-22-16/h1-6H,8H2,(H,21,22,23). The van der Waals surface area contributed by atoms with Crippen molar-refractivity contribution in [3.8, 4) is 23.1 Å². The number of aromatic amines is 1. The smallest absolute Gasteiger partial charge is 0.163 e. The molecule has 24 heavy (non-hydrogen) atoms. The van der Waals surface area contributed by atoms with Crippen LogP contribution in [0.3, 0.4) is 0 Å². The van der Waals surface area contributed by atoms with E-state index >= 15 is 0 Å². The molecule has 0 spiro atoms. The zero-order valence-electron chi connectivity index (χ0n) is 12.1. The molecule has 1 heterocycles. The Morgan fingerprint density at radius 1 is 1.08 bits per heavy atom. The van der Waals surface area contributed by atoms with Crippen LogP contribution in [0.1, 0.15) is 11.3 Å². The summed E-state index contributed by atoms with van der Waals surface area (Å²) in [6, 6.07) is 9.68. The molecule has 3 aromatic rings. The minimum atomic E-state index is -1.26. The summed E-state index contributed by atoms with van der Waals surface area (Å²) in [4.78, 5) is 0. The molecular formula is C16H9F3N4O. The molecule has 0 saturated carbocycles. The largest absolute Gasteiger partial charge is 0.489 e. The second-order valence-electron chi connectivity index (χ2n) is 4.82. The third kappa shape index (κ3) is 3.05. The predicted molar refractivity (Wildman–Crippen MR) is 77.2 cm³/mol. The lowest BCUT2D eigenvalue weighted by molar-refractivity contribution is 0.298. The third-order valence-corrected chi connectivity index (χ3v) is 3.25. The number of hydrogen-bond donors (Lipinski definition) is 1. The van der Waals surface area contributed by atoms with Gasteiger partial charge in [0.2, 0.25) is 0 Å². The van der Waals surface area contributed by atoms with Crippen LogP contribution in [0.5, 0.6) is 5.75 Å². The van der Waals surface area contributed by atoms with Gasteiger partial charge in [-0.05, 0) is 18.2 Å². The average molecular weight is 330 g/mol. The van der Waals surface area contributed by atoms with Crippen LogP contribution in [0.4, 0.5) is 13.2 Å². The van der Waals surface area contributed by atoms with Gasteiger partial charge in [0.05, 0.1) is 0 Å². The van der Waals surface area contributed by atoms with Crippen LogP contribution in [-0.4, -0.2) is 15.4 Å². The average Bonchev–Trinajstić information content (AvgIpc) is 3.06. The first-order valence-electron chi connectivity index (χ1n) is 6.76. The number of nitrogens with one attached hydrogen (secondary N) is 1. The van der Waals surface area contributed by atoms with E-state index in [0.29, 0.717) is 23.1 Å². The van der Waals surface area contributed by atoms with Crippen molar-refractivity contribution in [1.82, 2.24) is 15.4 Å². The van der Waals surface area contributed by atoms with Crippen LogP contribution >= 0.6 is 0 Å². The highest BCUT2D eigenvalue weighted by Crippen LogP contribution is 2.25. The molecule has 0 unspecified atom stereocenters. The second-order valence-corrected chi connectivity index (χ2v) is 4.82. The summed E-state index contributed by atoms with van der Waals surface area (Å²) in [5, 5.41) is 18.8. The van der Waals surface area contributed by atoms with Crippen LogP contribution in [-0.2, 0) is 6.61 Å². The molecule has 0 amide bonds. The molecule has 0 aliphatic carbocycles. The van der Waals surface area contributed by atoms with Gasteiger partial charge in [-0.25, -0.2) is 18.3 Å². The van der Waals surface area contributed by atoms with Gasteiger partial charge in [-0.2, -0.15) is 5.26 Å². The van der Waals surface area contributed by atoms with Crippen LogP contribution in [0.15, 0.2) is 36.4 Å². The van der Waals surface area contributed by atoms with Gasteiger partial charge in [0.1, 0.15) is 29.9 Å². The number of halogens is 3. The second kappa shape index (κ2) is 6.42. The van der Waals surface area contributed by atoms with E-state index in [0.717, 1.165) is 6.07 Å². The highest BCUT2D eigenvalue weighted by molar-refractivity contribution is 5.65. The number of H-pyrrole nitrogens is 1. The summed E-state index contributed by atoms with van der Waals surface area (Å²) in [5.74, 6) is -2.95. The summed E-state index contributed by atoms with van der Waals surface area (Å²) in [6.07, 6.45) is 0. The van der Waals surface area contributed by atoms with E-state index in [2.05, 4.69) is 15.4 Å². The Morgan fingerprint density at radius 2 is 1.88 bits per heavy atom. The van der Waals surface area contributed by atoms with E-state index in [1.54, 1.807) is 24.3 Å². The summed E-state index contributed by atoms with van der Waals surface area (Å²) in [7, 11) is 0. The van der Waals surface area contributed by atoms with Crippen LogP contribution in [0, 0.1) is 28.8 Å². The van der Waals surface area contributed by atoms with E-state index < -0.39 is 17.5 Å². The summed E-state index contributed by atoms with van der Waals surface area (Å²) >= 11 is 0. The van der Waals surface area contributed by atoms with E-state index in [9.17, 15) is 13.2 Å². The molecule has 2 aromatic carbocycles. The number of hydrogen-bond acceptors (Lipinski definition) is 4. The Hall–Kier alpha value is -3.34. The molecular weight excluding hydrogens is 321 g/mol. The predicted octanol–water partition coefficient (Wildman–Crippen LogP) is 3.34. The van der Waals surface area contributed by atoms with Crippen molar-refractivity contribution in [3.05, 3.63) is 65.1 Å². The number of nitrogens with zero attached hydrogens (tertiary/aromatic N) is 3. The van der Waals surface area contributed by atoms with Crippen molar-refractivity contribution in [1.29, 1.82) is 5.26 Å². The molecule has 0 aliphatic rings. The number of aromatic nitrogens is 3. The molecule has 0 radical (unpaired) electrons. The number of nitriles is 1. The quantitative estimate of drug-likeness (QED) is 0.745. The lowest BCUT2D eigenvalue weighted by atomic mass is 10.1. The van der Waals surface area contributed by atoms with E-state index in [1.165, 1.54) is 0 Å². The van der Waals surface area contributed by atoms with E-state index in [4.69, 9.17) is 10.00 Å². The monoisotopic (exact) mass is 330 g/mol. The van der Waals surface area contributed by atoms with Gasteiger partial charge in [-0.1, -0.05) is 17.3 Å². The first kappa shape index (κ1) is 15.6. The fraction of sp³-hybridized carbons (Fsp3) is 0.0625. The molecule has 0 saturated heterocycles. The Bertz CT molecular complexity index is 933. The maximum absolute atomic E-state index is 13.6. The minimum Gasteiger partial charge on any atom is -0.489 e. The molecule has 3 rings (SSSR count). The minimum absolute atomic E-state index is 0.113. The molecule has 0 bridgehead atoms. The van der Waals surface area contributed by atoms with E-state index in [1.807, 2.05) is 6.07 Å². The Morgan fingerprint density at radius 3 is 2.67 bits per heavy atom. The van der Waals surface area contributed by atoms with Gasteiger partial charge in [-0.15, -0.1) is 5.10 Å². The van der Waals surface area contributed by atoms with Crippen molar-refractivity contribution in [2.24, 2.45) is 0 Å². The normalized spacial score (nSPS) is 10.4. The summed E-state index contributed by atoms with van der Waals surface area (Å²) in [6.45, 7) is -0.281. The van der Waals surface area contributed by atoms with E-state index in [-0.39, 0.29) is 17.9 Å². The van der Waals surface area contributed by atoms with Crippen molar-refractivity contribution >= 4 is 0 Å². The molecule has 1 aromatic heterocycles. The third-order valence-electron chi connectivity index (χ3n) is 3.25. The number of ether oxygens (including phenoxy) is 1. The zero-order valence-corrected chi connectivity index (χ0v) is 12.1. The topological polar surface area (TPSA) is 74.6 Å². The Labute approximate surface area is 134 Å². The molecule has 1 N–H and O–H groups in total. The maximum atomic E-state index is 13.6. The maximum Gasteiger partial charge on any atom is 0.163 e. The van der Waals surface area contributed by atoms with Crippen LogP contribution in [0.2, 0.25) is 0 Å². The highest BCUT2D eigenvalue weighted by atomic mass is 19.2. The van der Waals surface area contributed by atoms with Crippen molar-refractivity contribution < 1.29 is 17.9 Å². The number of rotatable bonds is 4. The fourth-order valence-electron chi connectivity index (χ4n) is 2.08. The molecule has 0 aliphatic heterocycles. The molecule has 0 atom stereocenters. The zero-order chi connectivity index (χ0) is 17.1. The van der Waals surface area contributed by atoms with Crippen molar-refractivity contribution in [3.63, 3.8) is 0 Å². The molecule has 0 fully saturated rings. The van der Waals surface area contributed by atoms with Gasteiger partial charge in [-0.3, -0.25) is 0 Å². The molecule has 5 nitrogen and oxygen atoms in total. The molecule has 8 heteroatoms. The highest BCUT2D eigenvalue weighted by Gasteiger charge is 2.12.